The molecule has 1 nitrogen and oxygen atoms in total. The molecule has 2 fully saturated rings. The molecule has 0 amide bonds. The van der Waals surface area contributed by atoms with Gasteiger partial charge in [0.2, 0.25) is 0 Å². The Hall–Kier alpha value is -0.0400. The van der Waals surface area contributed by atoms with Crippen LogP contribution in [0.2, 0.25) is 0 Å². The maximum absolute atomic E-state index is 7.52. The van der Waals surface area contributed by atoms with Crippen LogP contribution in [0.4, 0.5) is 0 Å². The van der Waals surface area contributed by atoms with Crippen LogP contribution in [-0.4, -0.2) is 5.71 Å². The lowest BCUT2D eigenvalue weighted by Crippen LogP contribution is -1.99. The minimum atomic E-state index is 0. The van der Waals surface area contributed by atoms with Crippen LogP contribution in [0.3, 0.4) is 0 Å². The molecule has 0 bridgehead atoms. The van der Waals surface area contributed by atoms with Gasteiger partial charge in [0.25, 0.3) is 0 Å². The predicted molar refractivity (Wildman–Crippen MR) is 40.4 cm³/mol. The molecule has 0 saturated heterocycles. The van der Waals surface area contributed by atoms with Crippen molar-refractivity contribution in [1.82, 2.24) is 0 Å². The first-order valence-corrected chi connectivity index (χ1v) is 3.46. The molecule has 0 aromatic carbocycles. The van der Waals surface area contributed by atoms with Crippen LogP contribution in [0, 0.1) is 17.2 Å². The van der Waals surface area contributed by atoms with Crippen LogP contribution < -0.4 is 0 Å². The average molecular weight is 146 g/mol. The Morgan fingerprint density at radius 3 is 1.56 bits per heavy atom. The Kier molecular flexibility index (Phi) is 1.80. The Labute approximate surface area is 61.8 Å². The van der Waals surface area contributed by atoms with Gasteiger partial charge >= 0.3 is 0 Å². The summed E-state index contributed by atoms with van der Waals surface area (Å²) in [7, 11) is 0. The Bertz CT molecular complexity index is 111. The first-order chi connectivity index (χ1) is 3.88. The summed E-state index contributed by atoms with van der Waals surface area (Å²) in [6.07, 6.45) is 5.26. The Balaban J connectivity index is 0.000000405. The molecule has 52 valence electrons. The topological polar surface area (TPSA) is 23.9 Å². The smallest absolute Gasteiger partial charge is 0.0151 e. The van der Waals surface area contributed by atoms with Crippen molar-refractivity contribution in [2.45, 2.75) is 25.7 Å². The zero-order valence-corrected chi connectivity index (χ0v) is 6.21. The third-order valence-electron chi connectivity index (χ3n) is 2.03. The van der Waals surface area contributed by atoms with Gasteiger partial charge < -0.3 is 5.41 Å². The molecule has 9 heavy (non-hydrogen) atoms. The second-order valence-electron chi connectivity index (χ2n) is 3.00. The molecule has 0 heterocycles. The number of hydrogen-bond acceptors (Lipinski definition) is 1. The van der Waals surface area contributed by atoms with Crippen LogP contribution in [-0.2, 0) is 0 Å². The number of hydrogen-bond donors (Lipinski definition) is 1. The number of nitrogens with one attached hydrogen (secondary N) is 1. The minimum absolute atomic E-state index is 0. The van der Waals surface area contributed by atoms with Gasteiger partial charge in [-0.3, -0.25) is 0 Å². The van der Waals surface area contributed by atoms with Crippen LogP contribution in [0.5, 0.6) is 0 Å². The summed E-state index contributed by atoms with van der Waals surface area (Å²) >= 11 is 0. The average Bonchev–Trinajstić information content (AvgIpc) is 2.63. The number of halogens is 1. The highest BCUT2D eigenvalue weighted by Gasteiger charge is 2.36. The summed E-state index contributed by atoms with van der Waals surface area (Å²) in [5.74, 6) is 1.48. The molecular formula is C7H12ClN. The van der Waals surface area contributed by atoms with E-state index in [0.717, 1.165) is 17.5 Å². The van der Waals surface area contributed by atoms with Crippen LogP contribution in [0.1, 0.15) is 25.7 Å². The van der Waals surface area contributed by atoms with E-state index in [0.29, 0.717) is 0 Å². The van der Waals surface area contributed by atoms with E-state index < -0.39 is 0 Å². The zero-order valence-electron chi connectivity index (χ0n) is 5.39. The van der Waals surface area contributed by atoms with Crippen LogP contribution >= 0.6 is 12.4 Å². The van der Waals surface area contributed by atoms with Crippen LogP contribution in [0.25, 0.3) is 0 Å². The van der Waals surface area contributed by atoms with E-state index >= 15 is 0 Å². The summed E-state index contributed by atoms with van der Waals surface area (Å²) < 4.78 is 0. The van der Waals surface area contributed by atoms with E-state index in [4.69, 9.17) is 5.41 Å². The maximum Gasteiger partial charge on any atom is 0.0151 e. The lowest BCUT2D eigenvalue weighted by atomic mass is 10.2. The van der Waals surface area contributed by atoms with Crippen molar-refractivity contribution in [2.24, 2.45) is 11.8 Å². The lowest BCUT2D eigenvalue weighted by molar-refractivity contribution is 1.02. The highest BCUT2D eigenvalue weighted by atomic mass is 35.5. The molecule has 0 aliphatic heterocycles. The van der Waals surface area contributed by atoms with E-state index in [1.165, 1.54) is 25.7 Å². The molecule has 0 unspecified atom stereocenters. The first kappa shape index (κ1) is 7.07. The third kappa shape index (κ3) is 1.45. The van der Waals surface area contributed by atoms with Crippen molar-refractivity contribution in [1.29, 1.82) is 5.41 Å². The van der Waals surface area contributed by atoms with Gasteiger partial charge in [-0.2, -0.15) is 0 Å². The van der Waals surface area contributed by atoms with E-state index in [9.17, 15) is 0 Å². The van der Waals surface area contributed by atoms with Gasteiger partial charge in [-0.15, -0.1) is 12.4 Å². The maximum atomic E-state index is 7.52. The molecular weight excluding hydrogens is 134 g/mol. The predicted octanol–water partition coefficient (Wildman–Crippen LogP) is 2.25. The van der Waals surface area contributed by atoms with E-state index in [1.807, 2.05) is 0 Å². The van der Waals surface area contributed by atoms with Gasteiger partial charge in [0, 0.05) is 5.71 Å². The molecule has 2 saturated carbocycles. The molecule has 2 rings (SSSR count). The normalized spacial score (nSPS) is 24.9. The van der Waals surface area contributed by atoms with E-state index in [2.05, 4.69) is 0 Å². The molecule has 2 heteroatoms. The summed E-state index contributed by atoms with van der Waals surface area (Å²) in [6.45, 7) is 0. The van der Waals surface area contributed by atoms with Gasteiger partial charge in [-0.1, -0.05) is 0 Å². The van der Waals surface area contributed by atoms with Gasteiger partial charge in [0.05, 0.1) is 0 Å². The van der Waals surface area contributed by atoms with Gasteiger partial charge in [-0.25, -0.2) is 0 Å². The van der Waals surface area contributed by atoms with Gasteiger partial charge in [0.15, 0.2) is 0 Å². The quantitative estimate of drug-likeness (QED) is 0.577. The Morgan fingerprint density at radius 2 is 1.33 bits per heavy atom. The highest BCUT2D eigenvalue weighted by Crippen LogP contribution is 2.41. The van der Waals surface area contributed by atoms with Crippen molar-refractivity contribution in [3.63, 3.8) is 0 Å². The largest absolute Gasteiger partial charge is 0.309 e. The van der Waals surface area contributed by atoms with Crippen LogP contribution in [0.15, 0.2) is 0 Å². The fourth-order valence-corrected chi connectivity index (χ4v) is 1.12. The van der Waals surface area contributed by atoms with Crippen molar-refractivity contribution in [3.05, 3.63) is 0 Å². The van der Waals surface area contributed by atoms with Gasteiger partial charge in [0.1, 0.15) is 0 Å². The number of rotatable bonds is 2. The molecule has 0 aromatic heterocycles. The molecule has 0 aromatic rings. The Morgan fingerprint density at radius 1 is 1.00 bits per heavy atom. The summed E-state index contributed by atoms with van der Waals surface area (Å²) in [6, 6.07) is 0. The molecule has 0 radical (unpaired) electrons. The van der Waals surface area contributed by atoms with Crippen molar-refractivity contribution >= 4 is 18.1 Å². The van der Waals surface area contributed by atoms with Crippen molar-refractivity contribution < 1.29 is 0 Å². The highest BCUT2D eigenvalue weighted by molar-refractivity contribution is 5.89. The lowest BCUT2D eigenvalue weighted by Gasteiger charge is -1.92. The zero-order chi connectivity index (χ0) is 5.56. The third-order valence-corrected chi connectivity index (χ3v) is 2.03. The molecule has 0 atom stereocenters. The summed E-state index contributed by atoms with van der Waals surface area (Å²) in [5.41, 5.74) is 1.07. The van der Waals surface area contributed by atoms with Gasteiger partial charge in [-0.05, 0) is 37.5 Å². The second-order valence-corrected chi connectivity index (χ2v) is 3.00. The fourth-order valence-electron chi connectivity index (χ4n) is 1.12. The van der Waals surface area contributed by atoms with Crippen molar-refractivity contribution in [3.8, 4) is 0 Å². The molecule has 2 aliphatic rings. The fraction of sp³-hybridized carbons (Fsp3) is 0.857. The summed E-state index contributed by atoms with van der Waals surface area (Å²) in [4.78, 5) is 0. The standard InChI is InChI=1S/C7H11N.ClH/c8-7(5-1-2-5)6-3-4-6;/h5-6,8H,1-4H2;1H. The van der Waals surface area contributed by atoms with Crippen molar-refractivity contribution in [2.75, 3.05) is 0 Å². The SMILES string of the molecule is Cl.N=C(C1CC1)C1CC1. The monoisotopic (exact) mass is 145 g/mol. The molecule has 1 N–H and O–H groups in total. The van der Waals surface area contributed by atoms with E-state index in [-0.39, 0.29) is 12.4 Å². The summed E-state index contributed by atoms with van der Waals surface area (Å²) in [5, 5.41) is 7.52. The first-order valence-electron chi connectivity index (χ1n) is 3.46. The second kappa shape index (κ2) is 2.30. The molecule has 2 aliphatic carbocycles. The molecule has 0 spiro atoms. The minimum Gasteiger partial charge on any atom is -0.309 e. The van der Waals surface area contributed by atoms with E-state index in [1.54, 1.807) is 0 Å².